The highest BCUT2D eigenvalue weighted by atomic mass is 16.6. The van der Waals surface area contributed by atoms with Gasteiger partial charge in [-0.2, -0.15) is 0 Å². The minimum absolute atomic E-state index is 0.0438. The van der Waals surface area contributed by atoms with Crippen LogP contribution in [0.4, 0.5) is 0 Å². The fraction of sp³-hybridized carbons (Fsp3) is 0.389. The molecule has 0 unspecified atom stereocenters. The van der Waals surface area contributed by atoms with Crippen molar-refractivity contribution < 1.29 is 38.6 Å². The maximum Gasteiger partial charge on any atom is 0.336 e. The Kier molecular flexibility index (Phi) is 9.42. The number of nitrogens with one attached hydrogen (secondary N) is 1. The third-order valence-corrected chi connectivity index (χ3v) is 3.73. The predicted molar refractivity (Wildman–Crippen MR) is 98.0 cm³/mol. The SMILES string of the molecule is COC(=O)C[C@H](N)C(=O)N[C@@H](Cc1ccccc1)C(=O)OC(=O)[C@@H](N)CC(=O)O. The number of carboxylic acids is 1. The number of hydrogen-bond donors (Lipinski definition) is 4. The van der Waals surface area contributed by atoms with Crippen molar-refractivity contribution in [1.29, 1.82) is 0 Å². The third-order valence-electron chi connectivity index (χ3n) is 3.73. The van der Waals surface area contributed by atoms with Crippen LogP contribution in [-0.4, -0.2) is 60.1 Å². The van der Waals surface area contributed by atoms with Gasteiger partial charge in [-0.3, -0.25) is 14.4 Å². The summed E-state index contributed by atoms with van der Waals surface area (Å²) in [7, 11) is 1.13. The van der Waals surface area contributed by atoms with Gasteiger partial charge in [-0.15, -0.1) is 0 Å². The van der Waals surface area contributed by atoms with Gasteiger partial charge >= 0.3 is 23.9 Å². The van der Waals surface area contributed by atoms with Gasteiger partial charge in [-0.05, 0) is 5.56 Å². The van der Waals surface area contributed by atoms with Gasteiger partial charge in [0, 0.05) is 6.42 Å². The Morgan fingerprint density at radius 1 is 1.00 bits per heavy atom. The van der Waals surface area contributed by atoms with Gasteiger partial charge < -0.3 is 31.4 Å². The number of amides is 1. The highest BCUT2D eigenvalue weighted by molar-refractivity contribution is 5.95. The first kappa shape index (κ1) is 23.7. The number of rotatable bonds is 10. The number of methoxy groups -OCH3 is 1. The average Bonchev–Trinajstić information content (AvgIpc) is 2.67. The summed E-state index contributed by atoms with van der Waals surface area (Å²) in [5, 5.41) is 11.0. The molecule has 11 nitrogen and oxygen atoms in total. The zero-order valence-corrected chi connectivity index (χ0v) is 15.7. The molecule has 1 aromatic rings. The number of carboxylic acid groups (broad SMARTS) is 1. The van der Waals surface area contributed by atoms with Crippen molar-refractivity contribution in [2.24, 2.45) is 11.5 Å². The van der Waals surface area contributed by atoms with Crippen molar-refractivity contribution >= 4 is 29.8 Å². The first-order chi connectivity index (χ1) is 13.6. The van der Waals surface area contributed by atoms with E-state index in [1.165, 1.54) is 0 Å². The Hall–Kier alpha value is -3.31. The molecule has 1 aromatic carbocycles. The van der Waals surface area contributed by atoms with E-state index in [2.05, 4.69) is 14.8 Å². The van der Waals surface area contributed by atoms with Gasteiger partial charge in [0.15, 0.2) is 0 Å². The molecule has 0 saturated heterocycles. The molecule has 158 valence electrons. The summed E-state index contributed by atoms with van der Waals surface area (Å²) < 4.78 is 9.05. The number of hydrogen-bond acceptors (Lipinski definition) is 9. The quantitative estimate of drug-likeness (QED) is 0.261. The number of benzene rings is 1. The van der Waals surface area contributed by atoms with Gasteiger partial charge in [0.25, 0.3) is 0 Å². The van der Waals surface area contributed by atoms with Crippen LogP contribution in [0.3, 0.4) is 0 Å². The molecule has 1 rings (SSSR count). The largest absolute Gasteiger partial charge is 0.481 e. The monoisotopic (exact) mass is 409 g/mol. The maximum absolute atomic E-state index is 12.4. The molecule has 0 aliphatic rings. The minimum atomic E-state index is -1.55. The molecule has 0 aromatic heterocycles. The van der Waals surface area contributed by atoms with Crippen molar-refractivity contribution in [3.8, 4) is 0 Å². The first-order valence-corrected chi connectivity index (χ1v) is 8.53. The van der Waals surface area contributed by atoms with Gasteiger partial charge in [0.1, 0.15) is 12.1 Å². The molecule has 0 saturated carbocycles. The van der Waals surface area contributed by atoms with Crippen LogP contribution in [0.1, 0.15) is 18.4 Å². The number of carbonyl (C=O) groups is 5. The van der Waals surface area contributed by atoms with Crippen LogP contribution in [0.2, 0.25) is 0 Å². The Bertz CT molecular complexity index is 753. The lowest BCUT2D eigenvalue weighted by Gasteiger charge is -2.20. The summed E-state index contributed by atoms with van der Waals surface area (Å²) in [5.41, 5.74) is 11.6. The van der Waals surface area contributed by atoms with E-state index >= 15 is 0 Å². The Morgan fingerprint density at radius 3 is 2.17 bits per heavy atom. The number of aliphatic carboxylic acids is 1. The highest BCUT2D eigenvalue weighted by Crippen LogP contribution is 2.07. The van der Waals surface area contributed by atoms with Crippen LogP contribution < -0.4 is 16.8 Å². The van der Waals surface area contributed by atoms with Gasteiger partial charge in [-0.1, -0.05) is 30.3 Å². The van der Waals surface area contributed by atoms with E-state index < -0.39 is 60.8 Å². The molecular formula is C18H23N3O8. The summed E-state index contributed by atoms with van der Waals surface area (Å²) in [6.45, 7) is 0. The van der Waals surface area contributed by atoms with Crippen molar-refractivity contribution in [2.75, 3.05) is 7.11 Å². The van der Waals surface area contributed by atoms with Crippen LogP contribution in [0, 0.1) is 0 Å². The average molecular weight is 409 g/mol. The smallest absolute Gasteiger partial charge is 0.336 e. The highest BCUT2D eigenvalue weighted by Gasteiger charge is 2.30. The second kappa shape index (κ2) is 11.5. The number of ether oxygens (including phenoxy) is 2. The Balaban J connectivity index is 2.88. The molecule has 0 heterocycles. The summed E-state index contributed by atoms with van der Waals surface area (Å²) in [6, 6.07) is 4.35. The molecule has 1 amide bonds. The lowest BCUT2D eigenvalue weighted by atomic mass is 10.1. The van der Waals surface area contributed by atoms with Crippen molar-refractivity contribution in [3.05, 3.63) is 35.9 Å². The Labute approximate surface area is 166 Å². The summed E-state index contributed by atoms with van der Waals surface area (Å²) in [6.07, 6.45) is -1.19. The standard InChI is InChI=1S/C18H23N3O8/c1-28-15(24)9-11(19)16(25)21-13(7-10-5-3-2-4-6-10)18(27)29-17(26)12(20)8-14(22)23/h2-6,11-13H,7-9,19-20H2,1H3,(H,21,25)(H,22,23)/t11-,12-,13-/m0/s1. The topological polar surface area (TPSA) is 188 Å². The van der Waals surface area contributed by atoms with Crippen molar-refractivity contribution in [3.63, 3.8) is 0 Å². The van der Waals surface area contributed by atoms with E-state index in [4.69, 9.17) is 16.6 Å². The van der Waals surface area contributed by atoms with E-state index in [1.807, 2.05) is 0 Å². The molecule has 0 bridgehead atoms. The molecule has 0 spiro atoms. The molecular weight excluding hydrogens is 386 g/mol. The van der Waals surface area contributed by atoms with Crippen LogP contribution in [0.15, 0.2) is 30.3 Å². The molecule has 6 N–H and O–H groups in total. The lowest BCUT2D eigenvalue weighted by molar-refractivity contribution is -0.164. The van der Waals surface area contributed by atoms with E-state index in [-0.39, 0.29) is 6.42 Å². The number of nitrogens with two attached hydrogens (primary N) is 2. The Morgan fingerprint density at radius 2 is 1.62 bits per heavy atom. The van der Waals surface area contributed by atoms with Gasteiger partial charge in [-0.25, -0.2) is 9.59 Å². The zero-order chi connectivity index (χ0) is 22.0. The lowest BCUT2D eigenvalue weighted by Crippen LogP contribution is -2.51. The zero-order valence-electron chi connectivity index (χ0n) is 15.7. The van der Waals surface area contributed by atoms with Gasteiger partial charge in [0.05, 0.1) is 26.0 Å². The summed E-state index contributed by atoms with van der Waals surface area (Å²) in [4.78, 5) is 58.3. The molecule has 0 fully saturated rings. The molecule has 29 heavy (non-hydrogen) atoms. The van der Waals surface area contributed by atoms with Gasteiger partial charge in [0.2, 0.25) is 5.91 Å². The molecule has 0 aliphatic heterocycles. The van der Waals surface area contributed by atoms with E-state index in [9.17, 15) is 24.0 Å². The van der Waals surface area contributed by atoms with Crippen LogP contribution in [0.25, 0.3) is 0 Å². The number of esters is 3. The second-order valence-corrected chi connectivity index (χ2v) is 6.08. The second-order valence-electron chi connectivity index (χ2n) is 6.08. The van der Waals surface area contributed by atoms with E-state index in [0.717, 1.165) is 7.11 Å². The summed E-state index contributed by atoms with van der Waals surface area (Å²) >= 11 is 0. The minimum Gasteiger partial charge on any atom is -0.481 e. The van der Waals surface area contributed by atoms with Crippen LogP contribution in [-0.2, 0) is 39.9 Å². The maximum atomic E-state index is 12.4. The van der Waals surface area contributed by atoms with E-state index in [0.29, 0.717) is 5.56 Å². The fourth-order valence-electron chi connectivity index (χ4n) is 2.19. The summed E-state index contributed by atoms with van der Waals surface area (Å²) in [5.74, 6) is -5.29. The van der Waals surface area contributed by atoms with E-state index in [1.54, 1.807) is 30.3 Å². The fourth-order valence-corrected chi connectivity index (χ4v) is 2.19. The van der Waals surface area contributed by atoms with Crippen LogP contribution >= 0.6 is 0 Å². The first-order valence-electron chi connectivity index (χ1n) is 8.53. The van der Waals surface area contributed by atoms with Crippen LogP contribution in [0.5, 0.6) is 0 Å². The molecule has 11 heteroatoms. The predicted octanol–water partition coefficient (Wildman–Crippen LogP) is -1.52. The normalized spacial score (nSPS) is 13.5. The molecule has 0 radical (unpaired) electrons. The molecule has 0 aliphatic carbocycles. The number of carbonyl (C=O) groups excluding carboxylic acids is 4. The third kappa shape index (κ3) is 8.49. The van der Waals surface area contributed by atoms with Crippen molar-refractivity contribution in [2.45, 2.75) is 37.4 Å². The van der Waals surface area contributed by atoms with Crippen molar-refractivity contribution in [1.82, 2.24) is 5.32 Å². The molecule has 3 atom stereocenters.